The Hall–Kier alpha value is -4.13. The van der Waals surface area contributed by atoms with Crippen LogP contribution in [0.4, 0.5) is 11.6 Å². The van der Waals surface area contributed by atoms with E-state index >= 15 is 0 Å². The molecular formula is C22H17N3O4. The van der Waals surface area contributed by atoms with Gasteiger partial charge >= 0.3 is 5.97 Å². The highest BCUT2D eigenvalue weighted by molar-refractivity contribution is 6.03. The predicted octanol–water partition coefficient (Wildman–Crippen LogP) is 4.87. The van der Waals surface area contributed by atoms with Crippen LogP contribution in [0.1, 0.15) is 10.4 Å². The number of aromatic carboxylic acids is 1. The monoisotopic (exact) mass is 387 g/mol. The number of anilines is 2. The van der Waals surface area contributed by atoms with Gasteiger partial charge in [-0.1, -0.05) is 18.2 Å². The molecule has 0 bridgehead atoms. The highest BCUT2D eigenvalue weighted by Crippen LogP contribution is 2.27. The summed E-state index contributed by atoms with van der Waals surface area (Å²) in [5, 5.41) is 13.8. The van der Waals surface area contributed by atoms with Gasteiger partial charge in [-0.15, -0.1) is 0 Å². The van der Waals surface area contributed by atoms with Gasteiger partial charge in [0.15, 0.2) is 0 Å². The first kappa shape index (κ1) is 18.2. The van der Waals surface area contributed by atoms with E-state index in [9.17, 15) is 9.90 Å². The summed E-state index contributed by atoms with van der Waals surface area (Å²) < 4.78 is 11.1. The fourth-order valence-electron chi connectivity index (χ4n) is 2.92. The van der Waals surface area contributed by atoms with Crippen LogP contribution in [0.15, 0.2) is 72.9 Å². The molecule has 0 aliphatic heterocycles. The molecule has 0 amide bonds. The number of carbonyl (C=O) groups is 1. The lowest BCUT2D eigenvalue weighted by atomic mass is 10.0. The van der Waals surface area contributed by atoms with E-state index in [1.807, 2.05) is 30.3 Å². The number of hydrogen-bond acceptors (Lipinski definition) is 6. The van der Waals surface area contributed by atoms with Crippen molar-refractivity contribution in [1.29, 1.82) is 0 Å². The van der Waals surface area contributed by atoms with Crippen molar-refractivity contribution in [3.8, 4) is 17.4 Å². The molecule has 0 unspecified atom stereocenters. The molecule has 144 valence electrons. The van der Waals surface area contributed by atoms with Gasteiger partial charge in [0.25, 0.3) is 0 Å². The van der Waals surface area contributed by atoms with Gasteiger partial charge in [-0.3, -0.25) is 0 Å². The van der Waals surface area contributed by atoms with Gasteiger partial charge in [0, 0.05) is 24.0 Å². The summed E-state index contributed by atoms with van der Waals surface area (Å²) in [5.74, 6) is 1.04. The highest BCUT2D eigenvalue weighted by atomic mass is 16.5. The molecule has 3 aromatic carbocycles. The smallest absolute Gasteiger partial charge is 0.336 e. The molecule has 7 nitrogen and oxygen atoms in total. The molecular weight excluding hydrogens is 370 g/mol. The zero-order chi connectivity index (χ0) is 20.2. The van der Waals surface area contributed by atoms with Crippen LogP contribution in [0.25, 0.3) is 10.8 Å². The Kier molecular flexibility index (Phi) is 4.94. The Labute approximate surface area is 166 Å². The lowest BCUT2D eigenvalue weighted by Gasteiger charge is -2.10. The zero-order valence-electron chi connectivity index (χ0n) is 15.5. The first-order chi connectivity index (χ1) is 14.1. The van der Waals surface area contributed by atoms with E-state index in [0.717, 1.165) is 16.8 Å². The van der Waals surface area contributed by atoms with Crippen LogP contribution in [-0.2, 0) is 0 Å². The summed E-state index contributed by atoms with van der Waals surface area (Å²) in [7, 11) is 1.60. The number of aromatic nitrogens is 2. The van der Waals surface area contributed by atoms with Crippen molar-refractivity contribution in [1.82, 2.24) is 9.97 Å². The second-order valence-electron chi connectivity index (χ2n) is 6.17. The van der Waals surface area contributed by atoms with Crippen LogP contribution in [0.3, 0.4) is 0 Å². The van der Waals surface area contributed by atoms with Crippen molar-refractivity contribution in [2.24, 2.45) is 0 Å². The summed E-state index contributed by atoms with van der Waals surface area (Å²) >= 11 is 0. The summed E-state index contributed by atoms with van der Waals surface area (Å²) in [5.41, 5.74) is 1.04. The Morgan fingerprint density at radius 2 is 1.86 bits per heavy atom. The number of carboxylic acid groups (broad SMARTS) is 1. The number of benzene rings is 3. The quantitative estimate of drug-likeness (QED) is 0.487. The van der Waals surface area contributed by atoms with Crippen LogP contribution in [-0.4, -0.2) is 28.2 Å². The molecule has 0 aliphatic rings. The average molecular weight is 387 g/mol. The first-order valence-electron chi connectivity index (χ1n) is 8.80. The molecule has 0 saturated heterocycles. The van der Waals surface area contributed by atoms with Gasteiger partial charge in [-0.05, 0) is 47.2 Å². The summed E-state index contributed by atoms with van der Waals surface area (Å²) in [6.07, 6.45) is 1.59. The number of methoxy groups -OCH3 is 1. The number of nitrogens with one attached hydrogen (secondary N) is 1. The van der Waals surface area contributed by atoms with E-state index in [4.69, 9.17) is 9.47 Å². The molecule has 0 aliphatic carbocycles. The van der Waals surface area contributed by atoms with Gasteiger partial charge < -0.3 is 19.9 Å². The largest absolute Gasteiger partial charge is 0.497 e. The molecule has 2 N–H and O–H groups in total. The molecule has 0 atom stereocenters. The lowest BCUT2D eigenvalue weighted by molar-refractivity contribution is 0.0699. The maximum atomic E-state index is 11.4. The Balaban J connectivity index is 1.57. The maximum absolute atomic E-state index is 11.4. The third-order valence-corrected chi connectivity index (χ3v) is 4.26. The summed E-state index contributed by atoms with van der Waals surface area (Å²) in [6, 6.07) is 19.4. The number of nitrogens with zero attached hydrogens (tertiary/aromatic N) is 2. The Morgan fingerprint density at radius 3 is 2.69 bits per heavy atom. The van der Waals surface area contributed by atoms with Gasteiger partial charge in [0.05, 0.1) is 12.7 Å². The van der Waals surface area contributed by atoms with E-state index < -0.39 is 5.97 Å². The zero-order valence-corrected chi connectivity index (χ0v) is 15.5. The van der Waals surface area contributed by atoms with Crippen molar-refractivity contribution in [3.63, 3.8) is 0 Å². The van der Waals surface area contributed by atoms with E-state index in [1.165, 1.54) is 0 Å². The van der Waals surface area contributed by atoms with Crippen molar-refractivity contribution in [2.45, 2.75) is 0 Å². The van der Waals surface area contributed by atoms with Crippen molar-refractivity contribution in [3.05, 3.63) is 78.5 Å². The number of ether oxygens (including phenoxy) is 2. The van der Waals surface area contributed by atoms with E-state index in [0.29, 0.717) is 23.0 Å². The molecule has 1 aromatic heterocycles. The molecule has 0 spiro atoms. The topological polar surface area (TPSA) is 93.6 Å². The SMILES string of the molecule is COc1cccc(Nc2nccc(Oc3ccc4c(C(=O)O)cccc4c3)n2)c1. The third-order valence-electron chi connectivity index (χ3n) is 4.26. The minimum Gasteiger partial charge on any atom is -0.497 e. The first-order valence-corrected chi connectivity index (χ1v) is 8.80. The molecule has 7 heteroatoms. The number of fused-ring (bicyclic) bond motifs is 1. The maximum Gasteiger partial charge on any atom is 0.336 e. The molecule has 4 aromatic rings. The highest BCUT2D eigenvalue weighted by Gasteiger charge is 2.09. The van der Waals surface area contributed by atoms with Gasteiger partial charge in [-0.2, -0.15) is 4.98 Å². The number of carboxylic acids is 1. The van der Waals surface area contributed by atoms with Crippen LogP contribution in [0, 0.1) is 0 Å². The van der Waals surface area contributed by atoms with E-state index in [2.05, 4.69) is 15.3 Å². The second-order valence-corrected chi connectivity index (χ2v) is 6.17. The lowest BCUT2D eigenvalue weighted by Crippen LogP contribution is -1.99. The predicted molar refractivity (Wildman–Crippen MR) is 109 cm³/mol. The van der Waals surface area contributed by atoms with E-state index in [1.54, 1.807) is 49.7 Å². The van der Waals surface area contributed by atoms with Gasteiger partial charge in [0.1, 0.15) is 11.5 Å². The molecule has 4 rings (SSSR count). The van der Waals surface area contributed by atoms with Crippen molar-refractivity contribution >= 4 is 28.4 Å². The number of rotatable bonds is 6. The fraction of sp³-hybridized carbons (Fsp3) is 0.0455. The molecule has 0 fully saturated rings. The molecule has 29 heavy (non-hydrogen) atoms. The minimum absolute atomic E-state index is 0.251. The number of hydrogen-bond donors (Lipinski definition) is 2. The van der Waals surface area contributed by atoms with Crippen LogP contribution >= 0.6 is 0 Å². The molecule has 0 saturated carbocycles. The van der Waals surface area contributed by atoms with Crippen LogP contribution < -0.4 is 14.8 Å². The van der Waals surface area contributed by atoms with Gasteiger partial charge in [-0.25, -0.2) is 9.78 Å². The van der Waals surface area contributed by atoms with Crippen LogP contribution in [0.5, 0.6) is 17.4 Å². The Bertz CT molecular complexity index is 1190. The minimum atomic E-state index is -0.965. The Morgan fingerprint density at radius 1 is 1.00 bits per heavy atom. The van der Waals surface area contributed by atoms with E-state index in [-0.39, 0.29) is 5.56 Å². The standard InChI is InChI=1S/C22H17N3O4/c1-28-16-6-3-5-15(13-16)24-22-23-11-10-20(25-22)29-17-8-9-18-14(12-17)4-2-7-19(18)21(26)27/h2-13H,1H3,(H,26,27)(H,23,24,25). The van der Waals surface area contributed by atoms with Gasteiger partial charge in [0.2, 0.25) is 11.8 Å². The molecule has 1 heterocycles. The third kappa shape index (κ3) is 4.08. The normalized spacial score (nSPS) is 10.5. The van der Waals surface area contributed by atoms with Crippen LogP contribution in [0.2, 0.25) is 0 Å². The summed E-state index contributed by atoms with van der Waals surface area (Å²) in [6.45, 7) is 0. The van der Waals surface area contributed by atoms with Crippen molar-refractivity contribution in [2.75, 3.05) is 12.4 Å². The fourth-order valence-corrected chi connectivity index (χ4v) is 2.92. The average Bonchev–Trinajstić information content (AvgIpc) is 2.73. The molecule has 0 radical (unpaired) electrons. The summed E-state index contributed by atoms with van der Waals surface area (Å²) in [4.78, 5) is 19.9. The second kappa shape index (κ2) is 7.85. The van der Waals surface area contributed by atoms with Crippen molar-refractivity contribution < 1.29 is 19.4 Å².